The summed E-state index contributed by atoms with van der Waals surface area (Å²) in [6.45, 7) is 2.16. The van der Waals surface area contributed by atoms with Crippen LogP contribution in [0.4, 0.5) is 0 Å². The summed E-state index contributed by atoms with van der Waals surface area (Å²) in [4.78, 5) is 0. The fourth-order valence-corrected chi connectivity index (χ4v) is 4.71. The average Bonchev–Trinajstić information content (AvgIpc) is 2.71. The molecule has 6 rings (SSSR count). The van der Waals surface area contributed by atoms with Crippen LogP contribution < -0.4 is 0 Å². The van der Waals surface area contributed by atoms with Gasteiger partial charge in [0.2, 0.25) is 0 Å². The van der Waals surface area contributed by atoms with Crippen LogP contribution in [0.2, 0.25) is 0 Å². The second-order valence-electron chi connectivity index (χ2n) is 7.47. The van der Waals surface area contributed by atoms with E-state index in [9.17, 15) is 0 Å². The Labute approximate surface area is 158 Å². The molecule has 0 heteroatoms. The lowest BCUT2D eigenvalue weighted by Crippen LogP contribution is -1.90. The number of aryl methyl sites for hydroxylation is 1. The zero-order chi connectivity index (χ0) is 18.0. The smallest absolute Gasteiger partial charge is 0.00141 e. The molecule has 0 spiro atoms. The van der Waals surface area contributed by atoms with Crippen LogP contribution in [-0.4, -0.2) is 0 Å². The first kappa shape index (κ1) is 14.8. The van der Waals surface area contributed by atoms with Crippen LogP contribution in [0.15, 0.2) is 91.0 Å². The molecule has 0 radical (unpaired) electrons. The monoisotopic (exact) mass is 342 g/mol. The Morgan fingerprint density at radius 3 is 1.85 bits per heavy atom. The molecule has 0 aliphatic heterocycles. The van der Waals surface area contributed by atoms with Crippen molar-refractivity contribution >= 4 is 43.1 Å². The minimum absolute atomic E-state index is 1.29. The van der Waals surface area contributed by atoms with Crippen LogP contribution >= 0.6 is 0 Å². The first-order chi connectivity index (χ1) is 13.3. The first-order valence-electron chi connectivity index (χ1n) is 9.46. The van der Waals surface area contributed by atoms with Gasteiger partial charge in [-0.2, -0.15) is 0 Å². The van der Waals surface area contributed by atoms with Crippen molar-refractivity contribution in [2.75, 3.05) is 0 Å². The molecule has 0 N–H and O–H groups in total. The van der Waals surface area contributed by atoms with Crippen LogP contribution in [0.1, 0.15) is 5.56 Å². The van der Waals surface area contributed by atoms with Gasteiger partial charge in [-0.3, -0.25) is 0 Å². The molecule has 0 saturated heterocycles. The van der Waals surface area contributed by atoms with Gasteiger partial charge in [0.1, 0.15) is 0 Å². The molecule has 0 heterocycles. The van der Waals surface area contributed by atoms with Crippen molar-refractivity contribution in [1.29, 1.82) is 0 Å². The van der Waals surface area contributed by atoms with Crippen molar-refractivity contribution in [2.24, 2.45) is 0 Å². The molecule has 0 aliphatic carbocycles. The molecule has 0 aliphatic rings. The van der Waals surface area contributed by atoms with Gasteiger partial charge in [-0.1, -0.05) is 96.6 Å². The Hall–Kier alpha value is -3.38. The molecule has 0 unspecified atom stereocenters. The van der Waals surface area contributed by atoms with Crippen molar-refractivity contribution in [3.63, 3.8) is 0 Å². The van der Waals surface area contributed by atoms with E-state index in [0.717, 1.165) is 0 Å². The minimum Gasteiger partial charge on any atom is -0.0614 e. The highest BCUT2D eigenvalue weighted by molar-refractivity contribution is 6.35. The summed E-state index contributed by atoms with van der Waals surface area (Å²) in [7, 11) is 0. The third-order valence-electron chi connectivity index (χ3n) is 5.84. The summed E-state index contributed by atoms with van der Waals surface area (Å²) in [5.41, 5.74) is 3.90. The third-order valence-corrected chi connectivity index (χ3v) is 5.84. The van der Waals surface area contributed by atoms with Gasteiger partial charge in [-0.25, -0.2) is 0 Å². The van der Waals surface area contributed by atoms with Gasteiger partial charge in [0, 0.05) is 0 Å². The van der Waals surface area contributed by atoms with E-state index in [1.54, 1.807) is 0 Å². The largest absolute Gasteiger partial charge is 0.0614 e. The van der Waals surface area contributed by atoms with Crippen molar-refractivity contribution in [1.82, 2.24) is 0 Å². The highest BCUT2D eigenvalue weighted by Crippen LogP contribution is 2.44. The predicted molar refractivity (Wildman–Crippen MR) is 118 cm³/mol. The van der Waals surface area contributed by atoms with Crippen LogP contribution in [0.5, 0.6) is 0 Å². The third kappa shape index (κ3) is 1.98. The van der Waals surface area contributed by atoms with Crippen LogP contribution in [-0.2, 0) is 0 Å². The number of benzene rings is 6. The fourth-order valence-electron chi connectivity index (χ4n) is 4.71. The maximum absolute atomic E-state index is 2.29. The fraction of sp³-hybridized carbons (Fsp3) is 0.0370. The zero-order valence-corrected chi connectivity index (χ0v) is 15.2. The van der Waals surface area contributed by atoms with Crippen LogP contribution in [0.3, 0.4) is 0 Å². The highest BCUT2D eigenvalue weighted by atomic mass is 14.2. The SMILES string of the molecule is Cc1cccc(-c2ccc3cccc4c5cccc6cccc(c2c34)c65)c1. The summed E-state index contributed by atoms with van der Waals surface area (Å²) < 4.78 is 0. The molecule has 0 nitrogen and oxygen atoms in total. The van der Waals surface area contributed by atoms with E-state index in [4.69, 9.17) is 0 Å². The van der Waals surface area contributed by atoms with Gasteiger partial charge in [0.15, 0.2) is 0 Å². The van der Waals surface area contributed by atoms with E-state index < -0.39 is 0 Å². The Balaban J connectivity index is 1.96. The maximum Gasteiger partial charge on any atom is -0.00141 e. The lowest BCUT2D eigenvalue weighted by atomic mass is 9.86. The van der Waals surface area contributed by atoms with Crippen molar-refractivity contribution in [3.8, 4) is 11.1 Å². The number of hydrogen-bond donors (Lipinski definition) is 0. The lowest BCUT2D eigenvalue weighted by molar-refractivity contribution is 1.47. The van der Waals surface area contributed by atoms with E-state index in [2.05, 4.69) is 97.9 Å². The van der Waals surface area contributed by atoms with E-state index in [0.29, 0.717) is 0 Å². The first-order valence-corrected chi connectivity index (χ1v) is 9.46. The normalized spacial score (nSPS) is 11.9. The quantitative estimate of drug-likeness (QED) is 0.212. The Bertz CT molecular complexity index is 1470. The van der Waals surface area contributed by atoms with E-state index in [1.807, 2.05) is 0 Å². The molecule has 6 aromatic carbocycles. The molecule has 126 valence electrons. The lowest BCUT2D eigenvalue weighted by Gasteiger charge is -2.17. The molecule has 0 aromatic heterocycles. The van der Waals surface area contributed by atoms with Gasteiger partial charge in [-0.15, -0.1) is 0 Å². The van der Waals surface area contributed by atoms with Crippen LogP contribution in [0, 0.1) is 6.92 Å². The molecule has 0 atom stereocenters. The van der Waals surface area contributed by atoms with Crippen molar-refractivity contribution in [3.05, 3.63) is 96.6 Å². The molecular formula is C27H18. The summed E-state index contributed by atoms with van der Waals surface area (Å²) >= 11 is 0. The molecule has 0 fully saturated rings. The number of rotatable bonds is 1. The number of fused-ring (bicyclic) bond motifs is 2. The van der Waals surface area contributed by atoms with Crippen LogP contribution in [0.25, 0.3) is 54.2 Å². The summed E-state index contributed by atoms with van der Waals surface area (Å²) in [5.74, 6) is 0. The van der Waals surface area contributed by atoms with Gasteiger partial charge in [0.05, 0.1) is 0 Å². The second kappa shape index (κ2) is 5.31. The molecule has 0 amide bonds. The Morgan fingerprint density at radius 2 is 1.11 bits per heavy atom. The predicted octanol–water partition coefficient (Wildman–Crippen LogP) is 7.71. The highest BCUT2D eigenvalue weighted by Gasteiger charge is 2.15. The van der Waals surface area contributed by atoms with Gasteiger partial charge in [-0.05, 0) is 61.1 Å². The molecule has 0 saturated carbocycles. The van der Waals surface area contributed by atoms with E-state index in [-0.39, 0.29) is 0 Å². The maximum atomic E-state index is 2.29. The second-order valence-corrected chi connectivity index (χ2v) is 7.47. The summed E-state index contributed by atoms with van der Waals surface area (Å²) in [6, 6.07) is 33.5. The molecule has 0 bridgehead atoms. The van der Waals surface area contributed by atoms with E-state index >= 15 is 0 Å². The Kier molecular flexibility index (Phi) is 2.90. The van der Waals surface area contributed by atoms with Crippen molar-refractivity contribution < 1.29 is 0 Å². The number of hydrogen-bond acceptors (Lipinski definition) is 0. The Morgan fingerprint density at radius 1 is 0.481 bits per heavy atom. The van der Waals surface area contributed by atoms with Gasteiger partial charge in [0.25, 0.3) is 0 Å². The summed E-state index contributed by atoms with van der Waals surface area (Å²) in [6.07, 6.45) is 0. The zero-order valence-electron chi connectivity index (χ0n) is 15.2. The van der Waals surface area contributed by atoms with Gasteiger partial charge >= 0.3 is 0 Å². The van der Waals surface area contributed by atoms with Gasteiger partial charge < -0.3 is 0 Å². The average molecular weight is 342 g/mol. The topological polar surface area (TPSA) is 0 Å². The standard InChI is InChI=1S/C27H18/c1-17-6-2-10-20(16-17)21-15-14-19-9-4-12-23-22-11-3-7-18-8-5-13-24(25(18)22)27(21)26(19)23/h2-16H,1H3. The van der Waals surface area contributed by atoms with E-state index in [1.165, 1.54) is 59.8 Å². The molecule has 27 heavy (non-hydrogen) atoms. The summed E-state index contributed by atoms with van der Waals surface area (Å²) in [5, 5.41) is 10.8. The molecular weight excluding hydrogens is 324 g/mol. The van der Waals surface area contributed by atoms with Crippen molar-refractivity contribution in [2.45, 2.75) is 6.92 Å². The molecule has 6 aromatic rings. The minimum atomic E-state index is 1.29.